The van der Waals surface area contributed by atoms with Crippen molar-refractivity contribution in [2.24, 2.45) is 4.99 Å². The third kappa shape index (κ3) is 4.13. The van der Waals surface area contributed by atoms with Gasteiger partial charge in [-0.2, -0.15) is 0 Å². The van der Waals surface area contributed by atoms with Crippen LogP contribution in [-0.2, 0) is 6.61 Å². The van der Waals surface area contributed by atoms with Gasteiger partial charge in [0.15, 0.2) is 5.58 Å². The molecule has 0 fully saturated rings. The minimum atomic E-state index is -0.362. The van der Waals surface area contributed by atoms with Gasteiger partial charge in [0, 0.05) is 33.6 Å². The van der Waals surface area contributed by atoms with Crippen molar-refractivity contribution in [2.45, 2.75) is 13.5 Å². The zero-order chi connectivity index (χ0) is 25.4. The minimum Gasteiger partial charge on any atom is -0.436 e. The summed E-state index contributed by atoms with van der Waals surface area (Å²) >= 11 is 0. The van der Waals surface area contributed by atoms with Crippen molar-refractivity contribution in [3.05, 3.63) is 120 Å². The van der Waals surface area contributed by atoms with E-state index in [1.165, 1.54) is 0 Å². The fourth-order valence-electron chi connectivity index (χ4n) is 4.60. The number of nitrogens with one attached hydrogen (secondary N) is 1. The molecule has 2 aromatic heterocycles. The first-order valence-corrected chi connectivity index (χ1v) is 12.0. The van der Waals surface area contributed by atoms with Gasteiger partial charge in [-0.15, -0.1) is 0 Å². The normalized spacial score (nSPS) is 11.9. The molecule has 0 bridgehead atoms. The Morgan fingerprint density at radius 3 is 2.35 bits per heavy atom. The number of benzene rings is 4. The van der Waals surface area contributed by atoms with Crippen LogP contribution in [0.5, 0.6) is 0 Å². The van der Waals surface area contributed by atoms with Gasteiger partial charge in [0.25, 0.3) is 5.91 Å². The van der Waals surface area contributed by atoms with Crippen LogP contribution in [0.4, 0.5) is 11.4 Å². The van der Waals surface area contributed by atoms with Crippen LogP contribution in [0.2, 0.25) is 0 Å². The Morgan fingerprint density at radius 1 is 0.892 bits per heavy atom. The maximum atomic E-state index is 13.8. The fraction of sp³-hybridized carbons (Fsp3) is 0.0645. The van der Waals surface area contributed by atoms with Crippen LogP contribution in [0, 0.1) is 6.92 Å². The summed E-state index contributed by atoms with van der Waals surface area (Å²) < 4.78 is 6.26. The van der Waals surface area contributed by atoms with E-state index in [2.05, 4.69) is 10.3 Å². The quantitative estimate of drug-likeness (QED) is 0.302. The van der Waals surface area contributed by atoms with Crippen LogP contribution in [0.3, 0.4) is 0 Å². The molecule has 1 amide bonds. The van der Waals surface area contributed by atoms with Gasteiger partial charge in [-0.25, -0.2) is 4.99 Å². The molecule has 180 valence electrons. The van der Waals surface area contributed by atoms with Crippen LogP contribution < -0.4 is 10.9 Å². The molecule has 0 spiro atoms. The summed E-state index contributed by atoms with van der Waals surface area (Å²) in [7, 11) is 0. The summed E-state index contributed by atoms with van der Waals surface area (Å²) in [6.45, 7) is 1.59. The first kappa shape index (κ1) is 22.6. The van der Waals surface area contributed by atoms with E-state index in [4.69, 9.17) is 9.41 Å². The number of carbonyl (C=O) groups excluding carboxylic acids is 1. The van der Waals surface area contributed by atoms with Crippen LogP contribution in [0.25, 0.3) is 32.5 Å². The van der Waals surface area contributed by atoms with E-state index in [9.17, 15) is 9.90 Å². The molecule has 6 heteroatoms. The molecule has 2 heterocycles. The van der Waals surface area contributed by atoms with Gasteiger partial charge in [-0.05, 0) is 35.9 Å². The lowest BCUT2D eigenvalue weighted by Gasteiger charge is -2.11. The number of aryl methyl sites for hydroxylation is 1. The van der Waals surface area contributed by atoms with Crippen molar-refractivity contribution in [3.8, 4) is 0 Å². The fourth-order valence-corrected chi connectivity index (χ4v) is 4.60. The lowest BCUT2D eigenvalue weighted by atomic mass is 10.1. The lowest BCUT2D eigenvalue weighted by molar-refractivity contribution is 0.102. The average Bonchev–Trinajstić information content (AvgIpc) is 2.93. The third-order valence-electron chi connectivity index (χ3n) is 6.49. The number of anilines is 1. The smallest absolute Gasteiger partial charge is 0.261 e. The van der Waals surface area contributed by atoms with E-state index in [0.717, 1.165) is 21.5 Å². The number of fused-ring (bicyclic) bond motifs is 3. The molecule has 6 nitrogen and oxygen atoms in total. The second-order valence-electron chi connectivity index (χ2n) is 8.83. The van der Waals surface area contributed by atoms with E-state index >= 15 is 0 Å². The summed E-state index contributed by atoms with van der Waals surface area (Å²) in [5.41, 5.74) is 3.49. The van der Waals surface area contributed by atoms with Crippen molar-refractivity contribution >= 4 is 49.8 Å². The third-order valence-corrected chi connectivity index (χ3v) is 6.49. The Kier molecular flexibility index (Phi) is 5.71. The number of pyridine rings is 1. The maximum absolute atomic E-state index is 13.8. The van der Waals surface area contributed by atoms with Crippen LogP contribution in [-0.4, -0.2) is 16.0 Å². The maximum Gasteiger partial charge on any atom is 0.261 e. The Bertz CT molecular complexity index is 1880. The average molecular weight is 486 g/mol. The summed E-state index contributed by atoms with van der Waals surface area (Å²) in [4.78, 5) is 22.9. The number of aromatic nitrogens is 1. The highest BCUT2D eigenvalue weighted by atomic mass is 16.3. The van der Waals surface area contributed by atoms with Gasteiger partial charge in [-0.1, -0.05) is 72.8 Å². The van der Waals surface area contributed by atoms with Gasteiger partial charge in [0.05, 0.1) is 18.0 Å². The van der Waals surface area contributed by atoms with Crippen molar-refractivity contribution in [3.63, 3.8) is 0 Å². The second-order valence-corrected chi connectivity index (χ2v) is 8.83. The predicted octanol–water partition coefficient (Wildman–Crippen LogP) is 6.42. The number of carbonyl (C=O) groups is 1. The molecule has 0 saturated carbocycles. The van der Waals surface area contributed by atoms with Crippen LogP contribution in [0.1, 0.15) is 21.6 Å². The van der Waals surface area contributed by atoms with E-state index in [1.807, 2.05) is 91.9 Å². The Balaban J connectivity index is 1.58. The molecule has 0 aliphatic carbocycles. The number of aliphatic hydroxyl groups is 1. The molecule has 0 atom stereocenters. The summed E-state index contributed by atoms with van der Waals surface area (Å²) in [5.74, 6) is -0.362. The highest BCUT2D eigenvalue weighted by Gasteiger charge is 2.17. The molecular formula is C31H23N3O3. The van der Waals surface area contributed by atoms with Crippen molar-refractivity contribution in [1.29, 1.82) is 0 Å². The van der Waals surface area contributed by atoms with E-state index in [1.54, 1.807) is 12.3 Å². The van der Waals surface area contributed by atoms with Gasteiger partial charge in [-0.3, -0.25) is 9.78 Å². The molecule has 0 radical (unpaired) electrons. The highest BCUT2D eigenvalue weighted by molar-refractivity contribution is 6.10. The number of aliphatic hydroxyl groups excluding tert-OH is 1. The zero-order valence-electron chi connectivity index (χ0n) is 20.1. The van der Waals surface area contributed by atoms with Gasteiger partial charge >= 0.3 is 0 Å². The topological polar surface area (TPSA) is 87.7 Å². The van der Waals surface area contributed by atoms with E-state index in [0.29, 0.717) is 33.6 Å². The standard InChI is InChI=1S/C31H23N3O3/c1-19-29-25(22(18-35)17-32-19)16-26(30(36)33-27-14-6-10-20-8-2-4-12-23(20)27)31(37-29)34-28-15-7-11-21-9-3-5-13-24(21)28/h2-17,35H,18H2,1H3,(H,33,36). The Morgan fingerprint density at radius 2 is 1.57 bits per heavy atom. The molecule has 2 N–H and O–H groups in total. The zero-order valence-corrected chi connectivity index (χ0v) is 20.1. The lowest BCUT2D eigenvalue weighted by Crippen LogP contribution is -2.22. The SMILES string of the molecule is Cc1ncc(CO)c2cc(C(=O)Nc3cccc4ccccc34)c(=Nc3cccc4ccccc34)oc12. The molecule has 0 aliphatic rings. The molecule has 4 aromatic carbocycles. The number of hydrogen-bond acceptors (Lipinski definition) is 5. The number of hydrogen-bond donors (Lipinski definition) is 2. The molecular weight excluding hydrogens is 462 g/mol. The highest BCUT2D eigenvalue weighted by Crippen LogP contribution is 2.27. The predicted molar refractivity (Wildman–Crippen MR) is 146 cm³/mol. The monoisotopic (exact) mass is 485 g/mol. The Hall–Kier alpha value is -4.81. The van der Waals surface area contributed by atoms with Crippen LogP contribution >= 0.6 is 0 Å². The largest absolute Gasteiger partial charge is 0.436 e. The Labute approximate surface area is 212 Å². The first-order chi connectivity index (χ1) is 18.1. The minimum absolute atomic E-state index is 0.168. The summed E-state index contributed by atoms with van der Waals surface area (Å²) in [5, 5.41) is 17.5. The van der Waals surface area contributed by atoms with Gasteiger partial charge < -0.3 is 14.8 Å². The molecule has 6 aromatic rings. The van der Waals surface area contributed by atoms with E-state index in [-0.39, 0.29) is 23.6 Å². The van der Waals surface area contributed by atoms with Crippen molar-refractivity contribution in [1.82, 2.24) is 4.98 Å². The van der Waals surface area contributed by atoms with E-state index < -0.39 is 0 Å². The number of nitrogens with zero attached hydrogens (tertiary/aromatic N) is 2. The summed E-state index contributed by atoms with van der Waals surface area (Å²) in [6, 6.07) is 29.1. The van der Waals surface area contributed by atoms with Crippen molar-refractivity contribution < 1.29 is 14.3 Å². The molecule has 37 heavy (non-hydrogen) atoms. The second kappa shape index (κ2) is 9.33. The number of amides is 1. The summed E-state index contributed by atoms with van der Waals surface area (Å²) in [6.07, 6.45) is 1.60. The van der Waals surface area contributed by atoms with Gasteiger partial charge in [0.2, 0.25) is 5.55 Å². The molecule has 6 rings (SSSR count). The van der Waals surface area contributed by atoms with Crippen LogP contribution in [0.15, 0.2) is 107 Å². The first-order valence-electron chi connectivity index (χ1n) is 12.0. The molecule has 0 unspecified atom stereocenters. The molecule has 0 saturated heterocycles. The number of rotatable bonds is 4. The van der Waals surface area contributed by atoms with Crippen molar-refractivity contribution in [2.75, 3.05) is 5.32 Å². The molecule has 0 aliphatic heterocycles. The van der Waals surface area contributed by atoms with Gasteiger partial charge in [0.1, 0.15) is 5.56 Å².